The van der Waals surface area contributed by atoms with Crippen molar-refractivity contribution in [2.24, 2.45) is 5.73 Å². The number of nitrogens with zero attached hydrogens (tertiary/aromatic N) is 2. The Morgan fingerprint density at radius 2 is 2.29 bits per heavy atom. The van der Waals surface area contributed by atoms with Crippen molar-refractivity contribution in [1.29, 1.82) is 0 Å². The minimum atomic E-state index is -0.345. The maximum Gasteiger partial charge on any atom is 0.243 e. The molecule has 92 valence electrons. The molecule has 0 radical (unpaired) electrons. The molecule has 0 aromatic heterocycles. The standard InChI is InChI=1S/C12H16FN3O/c1-9-7-12(17)16(15(9)6-5-14)11-4-2-3-10(13)8-11/h2-4,8-9H,5-7,14H2,1H3. The number of nitrogens with two attached hydrogens (primary N) is 1. The molecule has 1 unspecified atom stereocenters. The van der Waals surface area contributed by atoms with Gasteiger partial charge in [-0.2, -0.15) is 0 Å². The number of carbonyl (C=O) groups excluding carboxylic acids is 1. The van der Waals surface area contributed by atoms with Crippen LogP contribution >= 0.6 is 0 Å². The predicted molar refractivity (Wildman–Crippen MR) is 63.7 cm³/mol. The summed E-state index contributed by atoms with van der Waals surface area (Å²) in [4.78, 5) is 11.9. The third kappa shape index (κ3) is 2.30. The van der Waals surface area contributed by atoms with E-state index in [9.17, 15) is 9.18 Å². The zero-order chi connectivity index (χ0) is 12.4. The van der Waals surface area contributed by atoms with E-state index in [4.69, 9.17) is 5.73 Å². The summed E-state index contributed by atoms with van der Waals surface area (Å²) in [6, 6.07) is 6.15. The van der Waals surface area contributed by atoms with Crippen LogP contribution in [-0.2, 0) is 4.79 Å². The van der Waals surface area contributed by atoms with Crippen LogP contribution in [0.3, 0.4) is 0 Å². The number of hydrazine groups is 1. The van der Waals surface area contributed by atoms with Gasteiger partial charge in [0.1, 0.15) is 5.82 Å². The van der Waals surface area contributed by atoms with Gasteiger partial charge in [0, 0.05) is 25.6 Å². The van der Waals surface area contributed by atoms with Gasteiger partial charge in [0.05, 0.1) is 5.69 Å². The molecule has 1 aromatic carbocycles. The SMILES string of the molecule is CC1CC(=O)N(c2cccc(F)c2)N1CCN. The zero-order valence-electron chi connectivity index (χ0n) is 9.77. The highest BCUT2D eigenvalue weighted by atomic mass is 19.1. The van der Waals surface area contributed by atoms with E-state index in [0.717, 1.165) is 0 Å². The number of hydrogen-bond donors (Lipinski definition) is 1. The lowest BCUT2D eigenvalue weighted by molar-refractivity contribution is -0.118. The lowest BCUT2D eigenvalue weighted by Crippen LogP contribution is -2.44. The minimum absolute atomic E-state index is 0.0171. The van der Waals surface area contributed by atoms with E-state index in [2.05, 4.69) is 0 Å². The quantitative estimate of drug-likeness (QED) is 0.857. The van der Waals surface area contributed by atoms with E-state index in [1.807, 2.05) is 11.9 Å². The Morgan fingerprint density at radius 3 is 2.94 bits per heavy atom. The first-order valence-electron chi connectivity index (χ1n) is 5.68. The average molecular weight is 237 g/mol. The first-order chi connectivity index (χ1) is 8.13. The smallest absolute Gasteiger partial charge is 0.243 e. The Hall–Kier alpha value is -1.46. The van der Waals surface area contributed by atoms with Crippen LogP contribution in [0.4, 0.5) is 10.1 Å². The molecule has 2 N–H and O–H groups in total. The van der Waals surface area contributed by atoms with E-state index < -0.39 is 0 Å². The van der Waals surface area contributed by atoms with Gasteiger partial charge in [-0.25, -0.2) is 14.4 Å². The highest BCUT2D eigenvalue weighted by molar-refractivity contribution is 5.94. The van der Waals surface area contributed by atoms with E-state index in [-0.39, 0.29) is 17.8 Å². The van der Waals surface area contributed by atoms with Crippen LogP contribution in [-0.4, -0.2) is 30.0 Å². The normalized spacial score (nSPS) is 21.2. The Bertz CT molecular complexity index is 424. The van der Waals surface area contributed by atoms with Crippen molar-refractivity contribution in [3.05, 3.63) is 30.1 Å². The van der Waals surface area contributed by atoms with Gasteiger partial charge in [-0.1, -0.05) is 6.07 Å². The Balaban J connectivity index is 2.31. The number of halogens is 1. The molecule has 4 nitrogen and oxygen atoms in total. The second-order valence-electron chi connectivity index (χ2n) is 4.19. The molecule has 0 spiro atoms. The Kier molecular flexibility index (Phi) is 3.40. The first-order valence-corrected chi connectivity index (χ1v) is 5.68. The molecule has 1 heterocycles. The molecule has 1 fully saturated rings. The van der Waals surface area contributed by atoms with Crippen LogP contribution in [0.15, 0.2) is 24.3 Å². The van der Waals surface area contributed by atoms with E-state index in [1.54, 1.807) is 12.1 Å². The average Bonchev–Trinajstić information content (AvgIpc) is 2.54. The molecule has 5 heteroatoms. The van der Waals surface area contributed by atoms with Crippen molar-refractivity contribution < 1.29 is 9.18 Å². The summed E-state index contributed by atoms with van der Waals surface area (Å²) in [6.07, 6.45) is 0.441. The third-order valence-electron chi connectivity index (χ3n) is 2.88. The van der Waals surface area contributed by atoms with Gasteiger partial charge in [0.15, 0.2) is 0 Å². The van der Waals surface area contributed by atoms with Gasteiger partial charge in [-0.3, -0.25) is 4.79 Å². The molecule has 0 saturated carbocycles. The molecule has 0 aliphatic carbocycles. The van der Waals surface area contributed by atoms with Crippen molar-refractivity contribution in [2.45, 2.75) is 19.4 Å². The Labute approximate surface area is 99.8 Å². The van der Waals surface area contributed by atoms with Crippen LogP contribution in [0.1, 0.15) is 13.3 Å². The number of anilines is 1. The van der Waals surface area contributed by atoms with Crippen molar-refractivity contribution in [3.63, 3.8) is 0 Å². The van der Waals surface area contributed by atoms with Gasteiger partial charge in [0.25, 0.3) is 0 Å². The molecule has 17 heavy (non-hydrogen) atoms. The molecule has 1 aromatic rings. The summed E-state index contributed by atoms with van der Waals surface area (Å²) in [5, 5.41) is 3.41. The van der Waals surface area contributed by atoms with Crippen LogP contribution in [0.5, 0.6) is 0 Å². The minimum Gasteiger partial charge on any atom is -0.329 e. The van der Waals surface area contributed by atoms with Gasteiger partial charge < -0.3 is 5.73 Å². The summed E-state index contributed by atoms with van der Waals surface area (Å²) < 4.78 is 13.2. The fraction of sp³-hybridized carbons (Fsp3) is 0.417. The van der Waals surface area contributed by atoms with Gasteiger partial charge in [-0.05, 0) is 25.1 Å². The lowest BCUT2D eigenvalue weighted by Gasteiger charge is -2.30. The van der Waals surface area contributed by atoms with Crippen molar-refractivity contribution in [2.75, 3.05) is 18.1 Å². The highest BCUT2D eigenvalue weighted by Gasteiger charge is 2.35. The summed E-state index contributed by atoms with van der Waals surface area (Å²) in [5.74, 6) is -0.362. The fourth-order valence-corrected chi connectivity index (χ4v) is 2.14. The fourth-order valence-electron chi connectivity index (χ4n) is 2.14. The van der Waals surface area contributed by atoms with E-state index in [0.29, 0.717) is 25.2 Å². The molecular formula is C12H16FN3O. The van der Waals surface area contributed by atoms with Crippen LogP contribution in [0.25, 0.3) is 0 Å². The lowest BCUT2D eigenvalue weighted by atomic mass is 10.2. The summed E-state index contributed by atoms with van der Waals surface area (Å²) in [7, 11) is 0. The summed E-state index contributed by atoms with van der Waals surface area (Å²) in [5.41, 5.74) is 6.10. The van der Waals surface area contributed by atoms with Crippen molar-refractivity contribution in [1.82, 2.24) is 5.01 Å². The second-order valence-corrected chi connectivity index (χ2v) is 4.19. The van der Waals surface area contributed by atoms with Crippen LogP contribution in [0.2, 0.25) is 0 Å². The monoisotopic (exact) mass is 237 g/mol. The molecule has 0 bridgehead atoms. The molecule has 1 aliphatic rings. The molecule has 1 aliphatic heterocycles. The number of carbonyl (C=O) groups is 1. The van der Waals surface area contributed by atoms with Gasteiger partial charge in [-0.15, -0.1) is 0 Å². The maximum absolute atomic E-state index is 13.2. The molecule has 1 saturated heterocycles. The highest BCUT2D eigenvalue weighted by Crippen LogP contribution is 2.26. The predicted octanol–water partition coefficient (Wildman–Crippen LogP) is 1.13. The topological polar surface area (TPSA) is 49.6 Å². The van der Waals surface area contributed by atoms with Gasteiger partial charge in [0.2, 0.25) is 5.91 Å². The van der Waals surface area contributed by atoms with Gasteiger partial charge >= 0.3 is 0 Å². The van der Waals surface area contributed by atoms with Crippen molar-refractivity contribution >= 4 is 11.6 Å². The number of amides is 1. The van der Waals surface area contributed by atoms with Crippen LogP contribution < -0.4 is 10.7 Å². The number of hydrogen-bond acceptors (Lipinski definition) is 3. The first kappa shape index (κ1) is 12.0. The molecular weight excluding hydrogens is 221 g/mol. The zero-order valence-corrected chi connectivity index (χ0v) is 9.77. The van der Waals surface area contributed by atoms with E-state index in [1.165, 1.54) is 17.1 Å². The molecule has 1 amide bonds. The maximum atomic E-state index is 13.2. The largest absolute Gasteiger partial charge is 0.329 e. The second kappa shape index (κ2) is 4.81. The van der Waals surface area contributed by atoms with E-state index >= 15 is 0 Å². The summed E-state index contributed by atoms with van der Waals surface area (Å²) >= 11 is 0. The Morgan fingerprint density at radius 1 is 1.53 bits per heavy atom. The third-order valence-corrected chi connectivity index (χ3v) is 2.88. The van der Waals surface area contributed by atoms with Crippen LogP contribution in [0, 0.1) is 5.82 Å². The molecule has 2 rings (SSSR count). The number of benzene rings is 1. The molecule has 1 atom stereocenters. The summed E-state index contributed by atoms with van der Waals surface area (Å²) in [6.45, 7) is 3.01. The van der Waals surface area contributed by atoms with Crippen molar-refractivity contribution in [3.8, 4) is 0 Å². The number of rotatable bonds is 3.